The van der Waals surface area contributed by atoms with E-state index < -0.39 is 0 Å². The Hall–Kier alpha value is -3.46. The first-order valence-electron chi connectivity index (χ1n) is 9.61. The van der Waals surface area contributed by atoms with E-state index in [0.29, 0.717) is 6.61 Å². The lowest BCUT2D eigenvalue weighted by Gasteiger charge is -2.12. The van der Waals surface area contributed by atoms with Crippen LogP contribution in [0.2, 0.25) is 0 Å². The van der Waals surface area contributed by atoms with Gasteiger partial charge in [0.05, 0.1) is 5.69 Å². The number of aryl methyl sites for hydroxylation is 1. The molecule has 4 rings (SSSR count). The first kappa shape index (κ1) is 18.9. The molecule has 0 heterocycles. The fraction of sp³-hybridized carbons (Fsp3) is 0.115. The third-order valence-corrected chi connectivity index (χ3v) is 5.12. The standard InChI is InChI=1S/C26H22FNO/c1-18-7-5-12-25(19(18)2)28-16-24-23-11-4-3-9-21(23)13-14-26(24)29-17-20-8-6-10-22(27)15-20/h3-16H,17H2,1-2H3. The number of hydrogen-bond donors (Lipinski definition) is 0. The summed E-state index contributed by atoms with van der Waals surface area (Å²) in [5.41, 5.74) is 5.01. The van der Waals surface area contributed by atoms with Gasteiger partial charge in [0.2, 0.25) is 0 Å². The molecule has 0 bridgehead atoms. The minimum absolute atomic E-state index is 0.263. The summed E-state index contributed by atoms with van der Waals surface area (Å²) in [4.78, 5) is 4.75. The summed E-state index contributed by atoms with van der Waals surface area (Å²) in [7, 11) is 0. The number of fused-ring (bicyclic) bond motifs is 1. The van der Waals surface area contributed by atoms with Crippen LogP contribution in [-0.4, -0.2) is 6.21 Å². The van der Waals surface area contributed by atoms with Crippen LogP contribution < -0.4 is 4.74 Å². The van der Waals surface area contributed by atoms with Gasteiger partial charge in [0.15, 0.2) is 0 Å². The molecular weight excluding hydrogens is 361 g/mol. The molecule has 0 saturated carbocycles. The van der Waals surface area contributed by atoms with Gasteiger partial charge in [-0.1, -0.05) is 54.6 Å². The number of benzene rings is 4. The van der Waals surface area contributed by atoms with Crippen LogP contribution in [0.5, 0.6) is 5.75 Å². The smallest absolute Gasteiger partial charge is 0.129 e. The average Bonchev–Trinajstić information content (AvgIpc) is 2.73. The van der Waals surface area contributed by atoms with Gasteiger partial charge in [-0.25, -0.2) is 4.39 Å². The lowest BCUT2D eigenvalue weighted by atomic mass is 10.0. The van der Waals surface area contributed by atoms with Crippen LogP contribution in [0.25, 0.3) is 10.8 Å². The van der Waals surface area contributed by atoms with E-state index in [-0.39, 0.29) is 5.82 Å². The summed E-state index contributed by atoms with van der Waals surface area (Å²) >= 11 is 0. The van der Waals surface area contributed by atoms with Crippen molar-refractivity contribution in [2.45, 2.75) is 20.5 Å². The van der Waals surface area contributed by atoms with Crippen molar-refractivity contribution in [3.63, 3.8) is 0 Å². The molecule has 4 aromatic rings. The van der Waals surface area contributed by atoms with Gasteiger partial charge in [-0.05, 0) is 65.6 Å². The zero-order valence-electron chi connectivity index (χ0n) is 16.5. The van der Waals surface area contributed by atoms with E-state index in [4.69, 9.17) is 9.73 Å². The zero-order valence-corrected chi connectivity index (χ0v) is 16.5. The van der Waals surface area contributed by atoms with Crippen molar-refractivity contribution in [1.82, 2.24) is 0 Å². The van der Waals surface area contributed by atoms with Crippen LogP contribution >= 0.6 is 0 Å². The first-order valence-corrected chi connectivity index (χ1v) is 9.61. The van der Waals surface area contributed by atoms with Crippen molar-refractivity contribution < 1.29 is 9.13 Å². The third kappa shape index (κ3) is 4.19. The molecule has 0 aliphatic rings. The number of rotatable bonds is 5. The van der Waals surface area contributed by atoms with Crippen LogP contribution in [0.1, 0.15) is 22.3 Å². The molecule has 0 saturated heterocycles. The molecule has 144 valence electrons. The maximum Gasteiger partial charge on any atom is 0.129 e. The number of halogens is 1. The SMILES string of the molecule is Cc1cccc(N=Cc2c(OCc3cccc(F)c3)ccc3ccccc23)c1C. The normalized spacial score (nSPS) is 11.3. The summed E-state index contributed by atoms with van der Waals surface area (Å²) in [6, 6.07) is 24.7. The number of nitrogens with zero attached hydrogens (tertiary/aromatic N) is 1. The Balaban J connectivity index is 1.72. The molecule has 0 atom stereocenters. The minimum atomic E-state index is -0.263. The van der Waals surface area contributed by atoms with Crippen LogP contribution in [0.4, 0.5) is 10.1 Å². The second-order valence-electron chi connectivity index (χ2n) is 7.09. The lowest BCUT2D eigenvalue weighted by Crippen LogP contribution is -1.99. The first-order chi connectivity index (χ1) is 14.1. The van der Waals surface area contributed by atoms with Gasteiger partial charge in [-0.2, -0.15) is 0 Å². The summed E-state index contributed by atoms with van der Waals surface area (Å²) in [5.74, 6) is 0.461. The predicted octanol–water partition coefficient (Wildman–Crippen LogP) is 6.93. The Morgan fingerprint density at radius 2 is 1.72 bits per heavy atom. The van der Waals surface area contributed by atoms with Crippen LogP contribution in [0, 0.1) is 19.7 Å². The summed E-state index contributed by atoms with van der Waals surface area (Å²) in [5, 5.41) is 2.19. The Morgan fingerprint density at radius 1 is 0.897 bits per heavy atom. The Kier molecular flexibility index (Phi) is 5.39. The second kappa shape index (κ2) is 8.27. The highest BCUT2D eigenvalue weighted by Gasteiger charge is 2.08. The van der Waals surface area contributed by atoms with Crippen LogP contribution in [0.3, 0.4) is 0 Å². The Bertz CT molecular complexity index is 1200. The van der Waals surface area contributed by atoms with E-state index in [0.717, 1.165) is 38.9 Å². The van der Waals surface area contributed by atoms with Gasteiger partial charge >= 0.3 is 0 Å². The van der Waals surface area contributed by atoms with Crippen molar-refractivity contribution in [1.29, 1.82) is 0 Å². The average molecular weight is 383 g/mol. The quantitative estimate of drug-likeness (QED) is 0.343. The third-order valence-electron chi connectivity index (χ3n) is 5.12. The minimum Gasteiger partial charge on any atom is -0.488 e. The molecule has 0 spiro atoms. The monoisotopic (exact) mass is 383 g/mol. The maximum absolute atomic E-state index is 13.5. The predicted molar refractivity (Wildman–Crippen MR) is 118 cm³/mol. The van der Waals surface area contributed by atoms with Gasteiger partial charge < -0.3 is 4.74 Å². The Morgan fingerprint density at radius 3 is 2.59 bits per heavy atom. The lowest BCUT2D eigenvalue weighted by molar-refractivity contribution is 0.305. The molecule has 0 fully saturated rings. The van der Waals surface area contributed by atoms with Gasteiger partial charge in [0.1, 0.15) is 18.2 Å². The molecule has 0 radical (unpaired) electrons. The van der Waals surface area contributed by atoms with E-state index in [1.54, 1.807) is 6.07 Å². The van der Waals surface area contributed by atoms with Crippen molar-refractivity contribution >= 4 is 22.7 Å². The van der Waals surface area contributed by atoms with Gasteiger partial charge in [0.25, 0.3) is 0 Å². The van der Waals surface area contributed by atoms with E-state index in [1.165, 1.54) is 17.7 Å². The fourth-order valence-electron chi connectivity index (χ4n) is 3.33. The molecule has 0 aromatic heterocycles. The number of hydrogen-bond acceptors (Lipinski definition) is 2. The van der Waals surface area contributed by atoms with Gasteiger partial charge in [0, 0.05) is 11.8 Å². The maximum atomic E-state index is 13.5. The van der Waals surface area contributed by atoms with E-state index in [9.17, 15) is 4.39 Å². The van der Waals surface area contributed by atoms with E-state index in [1.807, 2.05) is 48.7 Å². The topological polar surface area (TPSA) is 21.6 Å². The highest BCUT2D eigenvalue weighted by molar-refractivity contribution is 6.03. The molecule has 29 heavy (non-hydrogen) atoms. The largest absolute Gasteiger partial charge is 0.488 e. The van der Waals surface area contributed by atoms with Gasteiger partial charge in [-0.3, -0.25) is 4.99 Å². The molecule has 4 aromatic carbocycles. The number of aliphatic imine (C=N–C) groups is 1. The summed E-state index contributed by atoms with van der Waals surface area (Å²) in [6.07, 6.45) is 1.87. The molecular formula is C26H22FNO. The molecule has 0 unspecified atom stereocenters. The zero-order chi connectivity index (χ0) is 20.2. The second-order valence-corrected chi connectivity index (χ2v) is 7.09. The highest BCUT2D eigenvalue weighted by Crippen LogP contribution is 2.29. The van der Waals surface area contributed by atoms with Crippen molar-refractivity contribution in [3.05, 3.63) is 107 Å². The van der Waals surface area contributed by atoms with E-state index >= 15 is 0 Å². The van der Waals surface area contributed by atoms with Crippen molar-refractivity contribution in [3.8, 4) is 5.75 Å². The van der Waals surface area contributed by atoms with Crippen LogP contribution in [0.15, 0.2) is 83.9 Å². The summed E-state index contributed by atoms with van der Waals surface area (Å²) < 4.78 is 19.6. The van der Waals surface area contributed by atoms with Crippen LogP contribution in [-0.2, 0) is 6.61 Å². The van der Waals surface area contributed by atoms with Crippen molar-refractivity contribution in [2.75, 3.05) is 0 Å². The molecule has 0 N–H and O–H groups in total. The van der Waals surface area contributed by atoms with Gasteiger partial charge in [-0.15, -0.1) is 0 Å². The number of ether oxygens (including phenoxy) is 1. The molecule has 3 heteroatoms. The summed E-state index contributed by atoms with van der Waals surface area (Å²) in [6.45, 7) is 4.45. The Labute approximate surface area is 170 Å². The highest BCUT2D eigenvalue weighted by atomic mass is 19.1. The molecule has 0 aliphatic carbocycles. The molecule has 0 amide bonds. The molecule has 0 aliphatic heterocycles. The fourth-order valence-corrected chi connectivity index (χ4v) is 3.33. The van der Waals surface area contributed by atoms with Crippen molar-refractivity contribution in [2.24, 2.45) is 4.99 Å². The molecule has 2 nitrogen and oxygen atoms in total. The van der Waals surface area contributed by atoms with E-state index in [2.05, 4.69) is 32.0 Å².